The van der Waals surface area contributed by atoms with Gasteiger partial charge < -0.3 is 9.47 Å². The van der Waals surface area contributed by atoms with Gasteiger partial charge >= 0.3 is 11.9 Å². The van der Waals surface area contributed by atoms with E-state index in [9.17, 15) is 9.59 Å². The quantitative estimate of drug-likeness (QED) is 0.476. The van der Waals surface area contributed by atoms with Crippen molar-refractivity contribution in [2.45, 2.75) is 31.6 Å². The Kier molecular flexibility index (Phi) is 4.24. The van der Waals surface area contributed by atoms with Crippen LogP contribution in [0.5, 0.6) is 0 Å². The lowest BCUT2D eigenvalue weighted by Crippen LogP contribution is -2.39. The zero-order chi connectivity index (χ0) is 16.4. The minimum Gasteiger partial charge on any atom is -0.468 e. The molecule has 4 heteroatoms. The van der Waals surface area contributed by atoms with Gasteiger partial charge in [-0.05, 0) is 43.1 Å². The third-order valence-electron chi connectivity index (χ3n) is 5.09. The fourth-order valence-electron chi connectivity index (χ4n) is 3.71. The number of carbonyl (C=O) groups is 2. The van der Waals surface area contributed by atoms with Crippen LogP contribution in [0.25, 0.3) is 0 Å². The Balaban J connectivity index is 1.63. The van der Waals surface area contributed by atoms with Gasteiger partial charge in [0.15, 0.2) is 5.41 Å². The predicted molar refractivity (Wildman–Crippen MR) is 85.7 cm³/mol. The molecule has 3 rings (SSSR count). The summed E-state index contributed by atoms with van der Waals surface area (Å²) in [7, 11) is 2.63. The topological polar surface area (TPSA) is 52.6 Å². The third-order valence-corrected chi connectivity index (χ3v) is 5.09. The molecule has 0 heterocycles. The number of ether oxygens (including phenoxy) is 2. The van der Waals surface area contributed by atoms with Gasteiger partial charge in [0.25, 0.3) is 0 Å². The van der Waals surface area contributed by atoms with Crippen molar-refractivity contribution in [2.75, 3.05) is 14.2 Å². The molecule has 1 saturated carbocycles. The molecular formula is C19H22O4. The van der Waals surface area contributed by atoms with E-state index >= 15 is 0 Å². The first-order chi connectivity index (χ1) is 11.1. The number of hydrogen-bond donors (Lipinski definition) is 0. The van der Waals surface area contributed by atoms with Crippen molar-refractivity contribution in [1.82, 2.24) is 0 Å². The molecule has 2 aliphatic carbocycles. The van der Waals surface area contributed by atoms with Crippen LogP contribution in [0.4, 0.5) is 0 Å². The van der Waals surface area contributed by atoms with Crippen molar-refractivity contribution in [3.63, 3.8) is 0 Å². The summed E-state index contributed by atoms with van der Waals surface area (Å²) in [5, 5.41) is 0. The number of rotatable bonds is 5. The standard InChI is InChI=1S/C19H22O4/c1-22-17(20)19(18(21)23-2)9-8-13(12-19)10-15-11-16(15)14-6-4-3-5-7-14/h3-8,15-16H,9-12H2,1-2H3/t15-,16-/m1/s1. The summed E-state index contributed by atoms with van der Waals surface area (Å²) >= 11 is 0. The van der Waals surface area contributed by atoms with Crippen LogP contribution in [0.1, 0.15) is 37.2 Å². The maximum Gasteiger partial charge on any atom is 0.323 e. The van der Waals surface area contributed by atoms with Crippen molar-refractivity contribution in [3.8, 4) is 0 Å². The van der Waals surface area contributed by atoms with Crippen LogP contribution in [-0.2, 0) is 19.1 Å². The second kappa shape index (κ2) is 6.19. The molecule has 23 heavy (non-hydrogen) atoms. The number of esters is 2. The lowest BCUT2D eigenvalue weighted by molar-refractivity contribution is -0.168. The second-order valence-corrected chi connectivity index (χ2v) is 6.53. The van der Waals surface area contributed by atoms with Crippen LogP contribution in [0.15, 0.2) is 42.0 Å². The Morgan fingerprint density at radius 1 is 1.13 bits per heavy atom. The number of benzene rings is 1. The first kappa shape index (κ1) is 15.8. The summed E-state index contributed by atoms with van der Waals surface area (Å²) in [5.74, 6) is 0.218. The normalized spacial score (nSPS) is 24.7. The molecule has 0 aliphatic heterocycles. The van der Waals surface area contributed by atoms with E-state index in [0.717, 1.165) is 6.42 Å². The Morgan fingerprint density at radius 2 is 1.78 bits per heavy atom. The van der Waals surface area contributed by atoms with E-state index in [1.165, 1.54) is 31.8 Å². The maximum absolute atomic E-state index is 12.1. The molecule has 1 aromatic rings. The van der Waals surface area contributed by atoms with E-state index in [-0.39, 0.29) is 0 Å². The van der Waals surface area contributed by atoms with Crippen LogP contribution in [0.3, 0.4) is 0 Å². The summed E-state index contributed by atoms with van der Waals surface area (Å²) in [6.07, 6.45) is 4.93. The number of carbonyl (C=O) groups excluding carboxylic acids is 2. The number of methoxy groups -OCH3 is 2. The van der Waals surface area contributed by atoms with Crippen molar-refractivity contribution in [2.24, 2.45) is 11.3 Å². The van der Waals surface area contributed by atoms with Crippen LogP contribution in [-0.4, -0.2) is 26.2 Å². The Labute approximate surface area is 136 Å². The van der Waals surface area contributed by atoms with E-state index in [1.54, 1.807) is 0 Å². The molecule has 0 amide bonds. The van der Waals surface area contributed by atoms with Gasteiger partial charge in [-0.3, -0.25) is 9.59 Å². The lowest BCUT2D eigenvalue weighted by Gasteiger charge is -2.23. The van der Waals surface area contributed by atoms with Crippen molar-refractivity contribution >= 4 is 11.9 Å². The largest absolute Gasteiger partial charge is 0.468 e. The molecule has 0 aromatic heterocycles. The fraction of sp³-hybridized carbons (Fsp3) is 0.474. The van der Waals surface area contributed by atoms with Gasteiger partial charge in [-0.1, -0.05) is 42.0 Å². The molecule has 1 aromatic carbocycles. The van der Waals surface area contributed by atoms with Gasteiger partial charge in [0.05, 0.1) is 14.2 Å². The Bertz CT molecular complexity index is 616. The van der Waals surface area contributed by atoms with E-state index in [2.05, 4.69) is 24.3 Å². The summed E-state index contributed by atoms with van der Waals surface area (Å²) in [6.45, 7) is 0. The highest BCUT2D eigenvalue weighted by atomic mass is 16.5. The van der Waals surface area contributed by atoms with Gasteiger partial charge in [-0.15, -0.1) is 0 Å². The summed E-state index contributed by atoms with van der Waals surface area (Å²) in [5.41, 5.74) is 1.38. The molecule has 122 valence electrons. The van der Waals surface area contributed by atoms with E-state index in [0.29, 0.717) is 24.7 Å². The lowest BCUT2D eigenvalue weighted by atomic mass is 9.83. The zero-order valence-corrected chi connectivity index (χ0v) is 13.6. The van der Waals surface area contributed by atoms with Crippen LogP contribution < -0.4 is 0 Å². The molecular weight excluding hydrogens is 292 g/mol. The molecule has 4 nitrogen and oxygen atoms in total. The first-order valence-electron chi connectivity index (χ1n) is 8.00. The Morgan fingerprint density at radius 3 is 2.39 bits per heavy atom. The molecule has 2 aliphatic rings. The monoisotopic (exact) mass is 314 g/mol. The average Bonchev–Trinajstić information content (AvgIpc) is 3.23. The molecule has 1 fully saturated rings. The van der Waals surface area contributed by atoms with Gasteiger partial charge in [0.1, 0.15) is 0 Å². The van der Waals surface area contributed by atoms with Crippen molar-refractivity contribution < 1.29 is 19.1 Å². The third kappa shape index (κ3) is 2.90. The van der Waals surface area contributed by atoms with Crippen LogP contribution in [0.2, 0.25) is 0 Å². The molecule has 0 spiro atoms. The van der Waals surface area contributed by atoms with Gasteiger partial charge in [-0.2, -0.15) is 0 Å². The minimum absolute atomic E-state index is 0.379. The SMILES string of the molecule is COC(=O)C1(C(=O)OC)CC=C(C[C@@H]2C[C@@H]2c2ccccc2)C1. The van der Waals surface area contributed by atoms with Crippen molar-refractivity contribution in [1.29, 1.82) is 0 Å². The molecule has 2 atom stereocenters. The smallest absolute Gasteiger partial charge is 0.323 e. The second-order valence-electron chi connectivity index (χ2n) is 6.53. The fourth-order valence-corrected chi connectivity index (χ4v) is 3.71. The Hall–Kier alpha value is -2.10. The highest BCUT2D eigenvalue weighted by molar-refractivity contribution is 6.01. The van der Waals surface area contributed by atoms with E-state index < -0.39 is 17.4 Å². The summed E-state index contributed by atoms with van der Waals surface area (Å²) in [6, 6.07) is 10.5. The maximum atomic E-state index is 12.1. The summed E-state index contributed by atoms with van der Waals surface area (Å²) in [4.78, 5) is 24.2. The highest BCUT2D eigenvalue weighted by Gasteiger charge is 2.51. The molecule has 0 radical (unpaired) electrons. The van der Waals surface area contributed by atoms with E-state index in [4.69, 9.17) is 9.47 Å². The number of hydrogen-bond acceptors (Lipinski definition) is 4. The van der Waals surface area contributed by atoms with Crippen molar-refractivity contribution in [3.05, 3.63) is 47.5 Å². The summed E-state index contributed by atoms with van der Waals surface area (Å²) < 4.78 is 9.69. The first-order valence-corrected chi connectivity index (χ1v) is 8.00. The van der Waals surface area contributed by atoms with Gasteiger partial charge in [0, 0.05) is 0 Å². The predicted octanol–water partition coefficient (Wildman–Crippen LogP) is 3.23. The van der Waals surface area contributed by atoms with E-state index in [1.807, 2.05) is 12.1 Å². The molecule has 0 N–H and O–H groups in total. The van der Waals surface area contributed by atoms with Crippen LogP contribution >= 0.6 is 0 Å². The molecule has 0 saturated heterocycles. The number of allylic oxidation sites excluding steroid dienone is 2. The highest BCUT2D eigenvalue weighted by Crippen LogP contribution is 2.53. The molecule has 0 unspecified atom stereocenters. The van der Waals surface area contributed by atoms with Gasteiger partial charge in [-0.25, -0.2) is 0 Å². The van der Waals surface area contributed by atoms with Gasteiger partial charge in [0.2, 0.25) is 0 Å². The van der Waals surface area contributed by atoms with Crippen LogP contribution in [0, 0.1) is 11.3 Å². The average molecular weight is 314 g/mol. The minimum atomic E-state index is -1.17. The molecule has 0 bridgehead atoms. The zero-order valence-electron chi connectivity index (χ0n) is 13.6.